The Bertz CT molecular complexity index is 1280. The van der Waals surface area contributed by atoms with Crippen LogP contribution in [0.3, 0.4) is 0 Å². The lowest BCUT2D eigenvalue weighted by Gasteiger charge is -2.29. The SMILES string of the molecule is CC(C)(C)OC(=O)NC(C)(C)c1ccc(-c2ccc3c(c2)c(OC=O)nn3C(=O)OC(C)(C)C)cc1. The summed E-state index contributed by atoms with van der Waals surface area (Å²) in [6, 6.07) is 13.0. The first-order valence-corrected chi connectivity index (χ1v) is 11.6. The van der Waals surface area contributed by atoms with Gasteiger partial charge >= 0.3 is 12.2 Å². The summed E-state index contributed by atoms with van der Waals surface area (Å²) in [5.74, 6) is 0.00650. The number of rotatable bonds is 5. The van der Waals surface area contributed by atoms with E-state index in [2.05, 4.69) is 10.4 Å². The number of nitrogens with zero attached hydrogens (tertiary/aromatic N) is 2. The fraction of sp³-hybridized carbons (Fsp3) is 0.407. The predicted octanol–water partition coefficient (Wildman–Crippen LogP) is 5.78. The molecule has 0 unspecified atom stereocenters. The zero-order chi connectivity index (χ0) is 26.9. The number of ether oxygens (including phenoxy) is 3. The third kappa shape index (κ3) is 6.41. The number of benzene rings is 2. The number of alkyl carbamates (subject to hydrolysis) is 1. The fourth-order valence-electron chi connectivity index (χ4n) is 3.56. The first-order valence-electron chi connectivity index (χ1n) is 11.6. The molecule has 1 N–H and O–H groups in total. The summed E-state index contributed by atoms with van der Waals surface area (Å²) >= 11 is 0. The lowest BCUT2D eigenvalue weighted by atomic mass is 9.92. The molecule has 9 nitrogen and oxygen atoms in total. The zero-order valence-corrected chi connectivity index (χ0v) is 22.0. The summed E-state index contributed by atoms with van der Waals surface area (Å²) in [5, 5.41) is 7.52. The Morgan fingerprint density at radius 1 is 0.861 bits per heavy atom. The molecule has 0 fully saturated rings. The van der Waals surface area contributed by atoms with Gasteiger partial charge in [-0.1, -0.05) is 30.3 Å². The first kappa shape index (κ1) is 26.7. The van der Waals surface area contributed by atoms with Crippen LogP contribution in [0.15, 0.2) is 42.5 Å². The van der Waals surface area contributed by atoms with Gasteiger partial charge in [0, 0.05) is 0 Å². The average Bonchev–Trinajstić information content (AvgIpc) is 3.09. The highest BCUT2D eigenvalue weighted by atomic mass is 16.6. The molecule has 1 amide bonds. The maximum atomic E-state index is 12.6. The van der Waals surface area contributed by atoms with E-state index >= 15 is 0 Å². The van der Waals surface area contributed by atoms with Crippen molar-refractivity contribution in [1.29, 1.82) is 0 Å². The van der Waals surface area contributed by atoms with Crippen molar-refractivity contribution < 1.29 is 28.6 Å². The maximum Gasteiger partial charge on any atom is 0.435 e. The molecule has 192 valence electrons. The largest absolute Gasteiger partial charge is 0.444 e. The summed E-state index contributed by atoms with van der Waals surface area (Å²) < 4.78 is 16.9. The number of aromatic nitrogens is 2. The molecule has 36 heavy (non-hydrogen) atoms. The van der Waals surface area contributed by atoms with Gasteiger partial charge in [0.2, 0.25) is 5.88 Å². The quantitative estimate of drug-likeness (QED) is 0.447. The third-order valence-electron chi connectivity index (χ3n) is 5.13. The van der Waals surface area contributed by atoms with Crippen molar-refractivity contribution in [2.75, 3.05) is 0 Å². The Hall–Kier alpha value is -3.88. The minimum atomic E-state index is -0.713. The molecule has 0 aliphatic carbocycles. The number of carbonyl (C=O) groups is 3. The summed E-state index contributed by atoms with van der Waals surface area (Å²) in [7, 11) is 0. The first-order chi connectivity index (χ1) is 16.6. The van der Waals surface area contributed by atoms with E-state index in [4.69, 9.17) is 14.2 Å². The molecule has 0 aliphatic heterocycles. The van der Waals surface area contributed by atoms with Gasteiger partial charge in [-0.3, -0.25) is 4.79 Å². The van der Waals surface area contributed by atoms with Gasteiger partial charge in [-0.05, 0) is 84.2 Å². The van der Waals surface area contributed by atoms with Gasteiger partial charge in [0.05, 0.1) is 16.4 Å². The van der Waals surface area contributed by atoms with E-state index in [1.807, 2.05) is 65.0 Å². The number of carbonyl (C=O) groups excluding carboxylic acids is 3. The van der Waals surface area contributed by atoms with Crippen LogP contribution < -0.4 is 10.1 Å². The summed E-state index contributed by atoms with van der Waals surface area (Å²) in [5.41, 5.74) is 1.08. The summed E-state index contributed by atoms with van der Waals surface area (Å²) in [4.78, 5) is 35.9. The van der Waals surface area contributed by atoms with Crippen LogP contribution in [0, 0.1) is 0 Å². The molecule has 2 aromatic carbocycles. The van der Waals surface area contributed by atoms with Crippen LogP contribution in [0.2, 0.25) is 0 Å². The molecule has 3 rings (SSSR count). The van der Waals surface area contributed by atoms with Crippen molar-refractivity contribution >= 4 is 29.6 Å². The third-order valence-corrected chi connectivity index (χ3v) is 5.13. The molecule has 1 heterocycles. The van der Waals surface area contributed by atoms with E-state index in [9.17, 15) is 14.4 Å². The van der Waals surface area contributed by atoms with Crippen molar-refractivity contribution in [2.45, 2.75) is 72.1 Å². The number of nitrogens with one attached hydrogen (secondary N) is 1. The van der Waals surface area contributed by atoms with Crippen molar-refractivity contribution in [1.82, 2.24) is 15.1 Å². The highest BCUT2D eigenvalue weighted by molar-refractivity contribution is 5.94. The highest BCUT2D eigenvalue weighted by Gasteiger charge is 2.27. The second kappa shape index (κ2) is 9.64. The van der Waals surface area contributed by atoms with E-state index in [0.29, 0.717) is 10.9 Å². The van der Waals surface area contributed by atoms with E-state index in [1.165, 1.54) is 0 Å². The number of amides is 1. The molecule has 1 aromatic heterocycles. The molecule has 0 saturated heterocycles. The summed E-state index contributed by atoms with van der Waals surface area (Å²) in [6.45, 7) is 14.8. The lowest BCUT2D eigenvalue weighted by Crippen LogP contribution is -2.43. The molecule has 3 aromatic rings. The van der Waals surface area contributed by atoms with Crippen molar-refractivity contribution in [2.24, 2.45) is 0 Å². The standard InChI is InChI=1S/C27H33N3O6/c1-25(2,3)35-23(32)28-27(7,8)19-12-9-17(10-13-19)18-11-14-21-20(15-18)22(34-16-31)29-30(21)24(33)36-26(4,5)6/h9-16H,1-8H3,(H,28,32). The summed E-state index contributed by atoms with van der Waals surface area (Å²) in [6.07, 6.45) is -1.17. The van der Waals surface area contributed by atoms with Crippen LogP contribution in [0.5, 0.6) is 5.88 Å². The van der Waals surface area contributed by atoms with Crippen molar-refractivity contribution in [3.63, 3.8) is 0 Å². The van der Waals surface area contributed by atoms with E-state index in [0.717, 1.165) is 21.4 Å². The molecule has 0 saturated carbocycles. The smallest absolute Gasteiger partial charge is 0.435 e. The molecule has 0 spiro atoms. The van der Waals surface area contributed by atoms with Gasteiger partial charge in [-0.2, -0.15) is 4.68 Å². The van der Waals surface area contributed by atoms with E-state index < -0.39 is 28.9 Å². The van der Waals surface area contributed by atoms with E-state index in [-0.39, 0.29) is 12.4 Å². The molecule has 0 atom stereocenters. The van der Waals surface area contributed by atoms with Gasteiger partial charge in [-0.25, -0.2) is 9.59 Å². The van der Waals surface area contributed by atoms with Crippen LogP contribution in [0.1, 0.15) is 61.0 Å². The van der Waals surface area contributed by atoms with Gasteiger partial charge in [-0.15, -0.1) is 5.10 Å². The van der Waals surface area contributed by atoms with Gasteiger partial charge < -0.3 is 19.5 Å². The maximum absolute atomic E-state index is 12.6. The Morgan fingerprint density at radius 3 is 2.00 bits per heavy atom. The Morgan fingerprint density at radius 2 is 1.44 bits per heavy atom. The Labute approximate surface area is 210 Å². The monoisotopic (exact) mass is 495 g/mol. The van der Waals surface area contributed by atoms with Crippen LogP contribution in [0.4, 0.5) is 9.59 Å². The van der Waals surface area contributed by atoms with Gasteiger partial charge in [0.15, 0.2) is 0 Å². The topological polar surface area (TPSA) is 109 Å². The van der Waals surface area contributed by atoms with Gasteiger partial charge in [0.25, 0.3) is 6.47 Å². The van der Waals surface area contributed by atoms with Crippen molar-refractivity contribution in [3.05, 3.63) is 48.0 Å². The van der Waals surface area contributed by atoms with Crippen LogP contribution in [0.25, 0.3) is 22.0 Å². The second-order valence-corrected chi connectivity index (χ2v) is 11.0. The minimum absolute atomic E-state index is 0.00650. The minimum Gasteiger partial charge on any atom is -0.444 e. The number of hydrogen-bond acceptors (Lipinski definition) is 7. The molecule has 9 heteroatoms. The molecular weight excluding hydrogens is 462 g/mol. The normalized spacial score (nSPS) is 12.2. The highest BCUT2D eigenvalue weighted by Crippen LogP contribution is 2.32. The van der Waals surface area contributed by atoms with Crippen LogP contribution in [-0.2, 0) is 19.8 Å². The molecule has 0 aliphatic rings. The molecule has 0 radical (unpaired) electrons. The number of fused-ring (bicyclic) bond motifs is 1. The molecular formula is C27H33N3O6. The van der Waals surface area contributed by atoms with Crippen LogP contribution >= 0.6 is 0 Å². The number of hydrogen-bond donors (Lipinski definition) is 1. The molecule has 0 bridgehead atoms. The van der Waals surface area contributed by atoms with Crippen molar-refractivity contribution in [3.8, 4) is 17.0 Å². The van der Waals surface area contributed by atoms with Crippen LogP contribution in [-0.4, -0.2) is 39.6 Å². The van der Waals surface area contributed by atoms with E-state index in [1.54, 1.807) is 32.9 Å². The second-order valence-electron chi connectivity index (χ2n) is 11.0. The predicted molar refractivity (Wildman–Crippen MR) is 136 cm³/mol. The van der Waals surface area contributed by atoms with Gasteiger partial charge in [0.1, 0.15) is 11.2 Å². The lowest BCUT2D eigenvalue weighted by molar-refractivity contribution is -0.120. The average molecular weight is 496 g/mol. The Kier molecular flexibility index (Phi) is 7.15. The Balaban J connectivity index is 1.91. The zero-order valence-electron chi connectivity index (χ0n) is 22.0. The fourth-order valence-corrected chi connectivity index (χ4v) is 3.56.